The van der Waals surface area contributed by atoms with Crippen molar-refractivity contribution in [2.45, 2.75) is 19.1 Å². The highest BCUT2D eigenvalue weighted by molar-refractivity contribution is 5.88. The molecule has 2 heterocycles. The van der Waals surface area contributed by atoms with Gasteiger partial charge in [-0.2, -0.15) is 0 Å². The lowest BCUT2D eigenvalue weighted by molar-refractivity contribution is 0.0696. The summed E-state index contributed by atoms with van der Waals surface area (Å²) in [5.41, 5.74) is 5.81. The Morgan fingerprint density at radius 1 is 1.03 bits per heavy atom. The van der Waals surface area contributed by atoms with E-state index in [-0.39, 0.29) is 6.04 Å². The Morgan fingerprint density at radius 3 is 2.73 bits per heavy atom. The maximum atomic E-state index is 11.4. The molecular weight excluding hydrogens is 376 g/mol. The topological polar surface area (TPSA) is 74.4 Å². The lowest BCUT2D eigenvalue weighted by Gasteiger charge is -2.25. The van der Waals surface area contributed by atoms with E-state index >= 15 is 0 Å². The van der Waals surface area contributed by atoms with Crippen LogP contribution in [0.5, 0.6) is 5.75 Å². The van der Waals surface area contributed by atoms with E-state index in [1.165, 1.54) is 5.56 Å². The van der Waals surface area contributed by atoms with Crippen LogP contribution in [0.3, 0.4) is 0 Å². The van der Waals surface area contributed by atoms with Crippen LogP contribution in [-0.4, -0.2) is 22.6 Å². The van der Waals surface area contributed by atoms with Crippen molar-refractivity contribution in [3.8, 4) is 5.75 Å². The van der Waals surface area contributed by atoms with E-state index in [0.29, 0.717) is 12.2 Å². The monoisotopic (exact) mass is 398 g/mol. The molecule has 0 radical (unpaired) electrons. The Bertz CT molecular complexity index is 1210. The molecule has 5 nitrogen and oxygen atoms in total. The van der Waals surface area contributed by atoms with Gasteiger partial charge in [0, 0.05) is 23.1 Å². The number of benzene rings is 3. The molecule has 0 spiro atoms. The fraction of sp³-hybridized carbons (Fsp3) is 0.160. The van der Waals surface area contributed by atoms with Gasteiger partial charge in [-0.1, -0.05) is 42.5 Å². The van der Waals surface area contributed by atoms with Crippen LogP contribution in [0, 0.1) is 0 Å². The van der Waals surface area contributed by atoms with E-state index in [1.54, 1.807) is 18.2 Å². The van der Waals surface area contributed by atoms with Crippen molar-refractivity contribution < 1.29 is 14.6 Å². The van der Waals surface area contributed by atoms with Gasteiger partial charge in [0.05, 0.1) is 11.6 Å². The van der Waals surface area contributed by atoms with E-state index in [1.807, 2.05) is 30.3 Å². The Balaban J connectivity index is 1.47. The summed E-state index contributed by atoms with van der Waals surface area (Å²) in [6.45, 7) is 1.36. The summed E-state index contributed by atoms with van der Waals surface area (Å²) < 4.78 is 6.02. The molecule has 1 aliphatic heterocycles. The molecule has 5 heteroatoms. The molecule has 150 valence electrons. The van der Waals surface area contributed by atoms with Crippen molar-refractivity contribution in [3.63, 3.8) is 0 Å². The molecule has 3 aromatic carbocycles. The highest BCUT2D eigenvalue weighted by atomic mass is 16.5. The summed E-state index contributed by atoms with van der Waals surface area (Å²) in [5, 5.41) is 14.0. The molecule has 1 aromatic heterocycles. The van der Waals surface area contributed by atoms with Crippen LogP contribution in [0.4, 0.5) is 0 Å². The maximum absolute atomic E-state index is 11.4. The summed E-state index contributed by atoms with van der Waals surface area (Å²) >= 11 is 0. The number of ether oxygens (including phenoxy) is 1. The SMILES string of the molecule is O=C(O)c1cccc(C2NCCc3c2[nH]c2ccc(OCc4ccccc4)cc32)c1. The second kappa shape index (κ2) is 7.69. The van der Waals surface area contributed by atoms with Gasteiger partial charge < -0.3 is 20.1 Å². The number of H-pyrrole nitrogens is 1. The van der Waals surface area contributed by atoms with Gasteiger partial charge >= 0.3 is 5.97 Å². The molecule has 1 unspecified atom stereocenters. The number of hydrogen-bond donors (Lipinski definition) is 3. The van der Waals surface area contributed by atoms with Crippen molar-refractivity contribution >= 4 is 16.9 Å². The van der Waals surface area contributed by atoms with Gasteiger partial charge in [0.15, 0.2) is 0 Å². The first kappa shape index (κ1) is 18.5. The third-order valence-electron chi connectivity index (χ3n) is 5.64. The molecule has 0 saturated heterocycles. The Morgan fingerprint density at radius 2 is 1.90 bits per heavy atom. The normalized spacial score (nSPS) is 15.7. The molecule has 0 bridgehead atoms. The summed E-state index contributed by atoms with van der Waals surface area (Å²) in [7, 11) is 0. The summed E-state index contributed by atoms with van der Waals surface area (Å²) in [4.78, 5) is 14.9. The molecule has 0 fully saturated rings. The van der Waals surface area contributed by atoms with Crippen molar-refractivity contribution in [1.82, 2.24) is 10.3 Å². The van der Waals surface area contributed by atoms with Crippen LogP contribution in [0.1, 0.15) is 38.8 Å². The number of aromatic nitrogens is 1. The minimum absolute atomic E-state index is 0.0610. The maximum Gasteiger partial charge on any atom is 0.335 e. The summed E-state index contributed by atoms with van der Waals surface area (Å²) in [5.74, 6) is -0.0687. The lowest BCUT2D eigenvalue weighted by Crippen LogP contribution is -2.30. The second-order valence-electron chi connectivity index (χ2n) is 7.57. The molecule has 3 N–H and O–H groups in total. The van der Waals surface area contributed by atoms with Crippen molar-refractivity contribution in [2.75, 3.05) is 6.54 Å². The van der Waals surface area contributed by atoms with Gasteiger partial charge in [-0.15, -0.1) is 0 Å². The molecule has 4 aromatic rings. The first-order valence-corrected chi connectivity index (χ1v) is 10.1. The van der Waals surface area contributed by atoms with Crippen molar-refractivity contribution in [2.24, 2.45) is 0 Å². The van der Waals surface area contributed by atoms with Crippen LogP contribution in [0.2, 0.25) is 0 Å². The number of carboxylic acids is 1. The van der Waals surface area contributed by atoms with E-state index in [2.05, 4.69) is 34.6 Å². The number of hydrogen-bond acceptors (Lipinski definition) is 3. The Kier molecular flexibility index (Phi) is 4.73. The van der Waals surface area contributed by atoms with Crippen molar-refractivity contribution in [1.29, 1.82) is 0 Å². The van der Waals surface area contributed by atoms with Gasteiger partial charge in [-0.3, -0.25) is 0 Å². The molecule has 5 rings (SSSR count). The van der Waals surface area contributed by atoms with E-state index in [4.69, 9.17) is 4.74 Å². The third kappa shape index (κ3) is 3.44. The molecule has 30 heavy (non-hydrogen) atoms. The quantitative estimate of drug-likeness (QED) is 0.456. The average molecular weight is 398 g/mol. The van der Waals surface area contributed by atoms with E-state index < -0.39 is 5.97 Å². The third-order valence-corrected chi connectivity index (χ3v) is 5.64. The Hall–Kier alpha value is -3.57. The fourth-order valence-electron chi connectivity index (χ4n) is 4.17. The minimum Gasteiger partial charge on any atom is -0.489 e. The van der Waals surface area contributed by atoms with Gasteiger partial charge in [0.1, 0.15) is 12.4 Å². The van der Waals surface area contributed by atoms with Crippen LogP contribution >= 0.6 is 0 Å². The zero-order valence-electron chi connectivity index (χ0n) is 16.4. The summed E-state index contributed by atoms with van der Waals surface area (Å²) in [6, 6.07) is 23.3. The van der Waals surface area contributed by atoms with Gasteiger partial charge in [0.2, 0.25) is 0 Å². The molecule has 0 amide bonds. The van der Waals surface area contributed by atoms with E-state index in [9.17, 15) is 9.90 Å². The predicted molar refractivity (Wildman–Crippen MR) is 116 cm³/mol. The average Bonchev–Trinajstić information content (AvgIpc) is 3.16. The first-order valence-electron chi connectivity index (χ1n) is 10.1. The van der Waals surface area contributed by atoms with E-state index in [0.717, 1.165) is 46.4 Å². The summed E-state index contributed by atoms with van der Waals surface area (Å²) in [6.07, 6.45) is 0.909. The van der Waals surface area contributed by atoms with Crippen molar-refractivity contribution in [3.05, 3.63) is 101 Å². The van der Waals surface area contributed by atoms with Crippen LogP contribution in [0.15, 0.2) is 72.8 Å². The molecule has 0 saturated carbocycles. The van der Waals surface area contributed by atoms with Crippen LogP contribution < -0.4 is 10.1 Å². The number of aromatic amines is 1. The zero-order chi connectivity index (χ0) is 20.5. The van der Waals surface area contributed by atoms with Gasteiger partial charge in [-0.05, 0) is 53.4 Å². The van der Waals surface area contributed by atoms with Crippen LogP contribution in [0.25, 0.3) is 10.9 Å². The standard InChI is InChI=1S/C25H22N2O3/c28-25(29)18-8-4-7-17(13-18)23-24-20(11-12-26-23)21-14-19(9-10-22(21)27-24)30-15-16-5-2-1-3-6-16/h1-10,13-14,23,26-27H,11-12,15H2,(H,28,29). The minimum atomic E-state index is -0.912. The molecular formula is C25H22N2O3. The number of aromatic carboxylic acids is 1. The number of nitrogens with one attached hydrogen (secondary N) is 2. The second-order valence-corrected chi connectivity index (χ2v) is 7.57. The zero-order valence-corrected chi connectivity index (χ0v) is 16.4. The molecule has 1 atom stereocenters. The Labute approximate surface area is 174 Å². The number of fused-ring (bicyclic) bond motifs is 3. The number of carboxylic acid groups (broad SMARTS) is 1. The fourth-order valence-corrected chi connectivity index (χ4v) is 4.17. The lowest BCUT2D eigenvalue weighted by atomic mass is 9.93. The molecule has 1 aliphatic rings. The predicted octanol–water partition coefficient (Wildman–Crippen LogP) is 4.68. The number of carbonyl (C=O) groups is 1. The first-order chi connectivity index (χ1) is 14.7. The smallest absolute Gasteiger partial charge is 0.335 e. The largest absolute Gasteiger partial charge is 0.489 e. The highest BCUT2D eigenvalue weighted by Crippen LogP contribution is 2.35. The number of rotatable bonds is 5. The highest BCUT2D eigenvalue weighted by Gasteiger charge is 2.26. The molecule has 0 aliphatic carbocycles. The van der Waals surface area contributed by atoms with Crippen LogP contribution in [-0.2, 0) is 13.0 Å². The van der Waals surface area contributed by atoms with Gasteiger partial charge in [0.25, 0.3) is 0 Å². The van der Waals surface area contributed by atoms with Gasteiger partial charge in [-0.25, -0.2) is 4.79 Å².